The van der Waals surface area contributed by atoms with Crippen LogP contribution < -0.4 is 14.8 Å². The van der Waals surface area contributed by atoms with Gasteiger partial charge in [0.05, 0.1) is 12.8 Å². The maximum absolute atomic E-state index is 13.9. The van der Waals surface area contributed by atoms with Crippen molar-refractivity contribution in [3.05, 3.63) is 101 Å². The van der Waals surface area contributed by atoms with Crippen molar-refractivity contribution in [1.82, 2.24) is 14.8 Å². The van der Waals surface area contributed by atoms with Gasteiger partial charge in [0, 0.05) is 11.1 Å². The molecule has 0 fully saturated rings. The number of rotatable bonds is 4. The van der Waals surface area contributed by atoms with Crippen molar-refractivity contribution in [3.8, 4) is 11.5 Å². The molecule has 0 amide bonds. The first-order valence-electron chi connectivity index (χ1n) is 10.8. The van der Waals surface area contributed by atoms with Crippen LogP contribution in [0.2, 0.25) is 0 Å². The zero-order valence-electron chi connectivity index (χ0n) is 18.5. The van der Waals surface area contributed by atoms with Gasteiger partial charge in [-0.1, -0.05) is 48.2 Å². The lowest BCUT2D eigenvalue weighted by atomic mass is 9.84. The van der Waals surface area contributed by atoms with Crippen LogP contribution >= 0.6 is 11.8 Å². The number of methoxy groups -OCH3 is 1. The average molecular weight is 473 g/mol. The fourth-order valence-electron chi connectivity index (χ4n) is 4.56. The van der Waals surface area contributed by atoms with Gasteiger partial charge in [-0.15, -0.1) is 5.10 Å². The maximum Gasteiger partial charge on any atom is 0.227 e. The van der Waals surface area contributed by atoms with Crippen LogP contribution in [0.5, 0.6) is 11.5 Å². The number of anilines is 1. The first kappa shape index (κ1) is 20.8. The van der Waals surface area contributed by atoms with Gasteiger partial charge in [0.25, 0.3) is 0 Å². The second-order valence-electron chi connectivity index (χ2n) is 8.04. The first-order valence-corrected chi connectivity index (χ1v) is 12.1. The molecule has 0 aliphatic carbocycles. The molecule has 6 nitrogen and oxygen atoms in total. The molecule has 3 heterocycles. The number of nitrogens with one attached hydrogen (secondary N) is 1. The monoisotopic (exact) mass is 472 g/mol. The molecule has 0 bridgehead atoms. The summed E-state index contributed by atoms with van der Waals surface area (Å²) in [7, 11) is 1.65. The van der Waals surface area contributed by atoms with Crippen LogP contribution in [-0.4, -0.2) is 28.1 Å². The average Bonchev–Trinajstić information content (AvgIpc) is 3.30. The van der Waals surface area contributed by atoms with E-state index >= 15 is 0 Å². The minimum atomic E-state index is -0.395. The van der Waals surface area contributed by atoms with Crippen LogP contribution in [0.25, 0.3) is 5.70 Å². The lowest BCUT2D eigenvalue weighted by Crippen LogP contribution is -2.32. The van der Waals surface area contributed by atoms with Crippen LogP contribution in [0.15, 0.2) is 83.5 Å². The van der Waals surface area contributed by atoms with Gasteiger partial charge in [0.1, 0.15) is 29.5 Å². The Kier molecular flexibility index (Phi) is 5.03. The molecule has 1 aromatic heterocycles. The predicted octanol–water partition coefficient (Wildman–Crippen LogP) is 5.71. The van der Waals surface area contributed by atoms with Crippen molar-refractivity contribution < 1.29 is 13.9 Å². The standard InChI is InChI=1S/C26H21FN4O2S/c1-32-18-13-9-16(10-14-18)24-21-22(19-5-3-4-6-20(19)33-24)28-25-29-26(34-2)30-31(25)23(21)15-7-11-17(27)12-8-15/h3-14,23-24H,1-2H3,(H,28,29,30)/t23-,24-/m0/s1. The number of fused-ring (bicyclic) bond motifs is 3. The van der Waals surface area contributed by atoms with Crippen LogP contribution in [-0.2, 0) is 0 Å². The molecule has 0 radical (unpaired) electrons. The highest BCUT2D eigenvalue weighted by atomic mass is 32.2. The molecule has 34 heavy (non-hydrogen) atoms. The van der Waals surface area contributed by atoms with Crippen LogP contribution in [0.4, 0.5) is 10.3 Å². The number of hydrogen-bond donors (Lipinski definition) is 1. The number of para-hydroxylation sites is 1. The second-order valence-corrected chi connectivity index (χ2v) is 8.82. The van der Waals surface area contributed by atoms with Crippen LogP contribution in [0.3, 0.4) is 0 Å². The Hall–Kier alpha value is -3.78. The van der Waals surface area contributed by atoms with Crippen molar-refractivity contribution in [2.45, 2.75) is 17.3 Å². The van der Waals surface area contributed by atoms with Crippen molar-refractivity contribution in [3.63, 3.8) is 0 Å². The summed E-state index contributed by atoms with van der Waals surface area (Å²) in [6.07, 6.45) is 1.55. The molecule has 8 heteroatoms. The summed E-state index contributed by atoms with van der Waals surface area (Å²) in [6, 6.07) is 22.0. The quantitative estimate of drug-likeness (QED) is 0.384. The molecule has 4 aromatic rings. The summed E-state index contributed by atoms with van der Waals surface area (Å²) in [5, 5.41) is 8.93. The molecule has 2 aliphatic rings. The van der Waals surface area contributed by atoms with Crippen LogP contribution in [0, 0.1) is 5.82 Å². The fourth-order valence-corrected chi connectivity index (χ4v) is 4.91. The molecule has 6 rings (SSSR count). The van der Waals surface area contributed by atoms with Gasteiger partial charge in [-0.3, -0.25) is 0 Å². The Morgan fingerprint density at radius 3 is 2.47 bits per heavy atom. The number of hydrogen-bond acceptors (Lipinski definition) is 6. The van der Waals surface area contributed by atoms with Crippen molar-refractivity contribution >= 4 is 23.4 Å². The minimum Gasteiger partial charge on any atom is -0.497 e. The van der Waals surface area contributed by atoms with Gasteiger partial charge >= 0.3 is 0 Å². The Morgan fingerprint density at radius 2 is 1.74 bits per heavy atom. The van der Waals surface area contributed by atoms with Crippen molar-refractivity contribution in [2.75, 3.05) is 18.7 Å². The zero-order valence-corrected chi connectivity index (χ0v) is 19.3. The molecular formula is C26H21FN4O2S. The maximum atomic E-state index is 13.9. The summed E-state index contributed by atoms with van der Waals surface area (Å²) in [5.41, 5.74) is 4.75. The lowest BCUT2D eigenvalue weighted by Gasteiger charge is -2.38. The Balaban J connectivity index is 1.60. The topological polar surface area (TPSA) is 61.2 Å². The van der Waals surface area contributed by atoms with Gasteiger partial charge in [-0.25, -0.2) is 9.07 Å². The van der Waals surface area contributed by atoms with Gasteiger partial charge in [-0.2, -0.15) is 4.98 Å². The number of aromatic nitrogens is 3. The van der Waals surface area contributed by atoms with E-state index in [0.29, 0.717) is 11.1 Å². The van der Waals surface area contributed by atoms with E-state index in [1.165, 1.54) is 23.9 Å². The van der Waals surface area contributed by atoms with E-state index in [9.17, 15) is 4.39 Å². The molecule has 1 N–H and O–H groups in total. The zero-order chi connectivity index (χ0) is 23.2. The Labute approximate surface area is 200 Å². The van der Waals surface area contributed by atoms with Crippen molar-refractivity contribution in [2.24, 2.45) is 0 Å². The predicted molar refractivity (Wildman–Crippen MR) is 130 cm³/mol. The summed E-state index contributed by atoms with van der Waals surface area (Å²) < 4.78 is 27.7. The molecule has 0 saturated carbocycles. The smallest absolute Gasteiger partial charge is 0.227 e. The van der Waals surface area contributed by atoms with E-state index in [4.69, 9.17) is 14.6 Å². The molecule has 0 unspecified atom stereocenters. The van der Waals surface area contributed by atoms with Gasteiger partial charge in [-0.05, 0) is 53.8 Å². The third kappa shape index (κ3) is 3.33. The van der Waals surface area contributed by atoms with Crippen molar-refractivity contribution in [1.29, 1.82) is 0 Å². The molecule has 2 atom stereocenters. The highest BCUT2D eigenvalue weighted by molar-refractivity contribution is 7.98. The third-order valence-electron chi connectivity index (χ3n) is 6.15. The van der Waals surface area contributed by atoms with E-state index < -0.39 is 6.10 Å². The third-order valence-corrected chi connectivity index (χ3v) is 6.69. The summed E-state index contributed by atoms with van der Waals surface area (Å²) in [6.45, 7) is 0. The van der Waals surface area contributed by atoms with Gasteiger partial charge in [0.2, 0.25) is 11.1 Å². The normalized spacial score (nSPS) is 18.3. The summed E-state index contributed by atoms with van der Waals surface area (Å²) in [4.78, 5) is 4.69. The largest absolute Gasteiger partial charge is 0.497 e. The van der Waals surface area contributed by atoms with E-state index in [1.54, 1.807) is 19.2 Å². The molecular weight excluding hydrogens is 451 g/mol. The van der Waals surface area contributed by atoms with Gasteiger partial charge < -0.3 is 14.8 Å². The SMILES string of the molecule is COc1ccc([C@@H]2Oc3ccccc3C3=C2[C@H](c2ccc(F)cc2)n2nc(SC)nc2N3)cc1. The number of benzene rings is 3. The van der Waals surface area contributed by atoms with Gasteiger partial charge in [0.15, 0.2) is 0 Å². The second kappa shape index (κ2) is 8.22. The Morgan fingerprint density at radius 1 is 1.00 bits per heavy atom. The minimum absolute atomic E-state index is 0.285. The number of ether oxygens (including phenoxy) is 2. The summed E-state index contributed by atoms with van der Waals surface area (Å²) >= 11 is 1.48. The Bertz CT molecular complexity index is 1400. The van der Waals surface area contributed by atoms with E-state index in [-0.39, 0.29) is 11.9 Å². The molecule has 0 spiro atoms. The van der Waals surface area contributed by atoms with E-state index in [1.807, 2.05) is 59.5 Å². The number of halogens is 1. The molecule has 2 aliphatic heterocycles. The van der Waals surface area contributed by atoms with E-state index in [2.05, 4.69) is 10.3 Å². The first-order chi connectivity index (χ1) is 16.7. The molecule has 170 valence electrons. The number of nitrogens with zero attached hydrogens (tertiary/aromatic N) is 3. The van der Waals surface area contributed by atoms with E-state index in [0.717, 1.165) is 39.5 Å². The lowest BCUT2D eigenvalue weighted by molar-refractivity contribution is 0.222. The molecule has 3 aromatic carbocycles. The molecule has 0 saturated heterocycles. The van der Waals surface area contributed by atoms with Crippen LogP contribution in [0.1, 0.15) is 28.8 Å². The highest BCUT2D eigenvalue weighted by Gasteiger charge is 2.41. The highest BCUT2D eigenvalue weighted by Crippen LogP contribution is 2.50. The summed E-state index contributed by atoms with van der Waals surface area (Å²) in [5.74, 6) is 1.91. The number of thioether (sulfide) groups is 1. The fraction of sp³-hybridized carbons (Fsp3) is 0.154.